The van der Waals surface area contributed by atoms with E-state index in [2.05, 4.69) is 15.6 Å². The van der Waals surface area contributed by atoms with Gasteiger partial charge < -0.3 is 10.1 Å². The van der Waals surface area contributed by atoms with Crippen LogP contribution in [0.5, 0.6) is 0 Å². The van der Waals surface area contributed by atoms with Crippen LogP contribution in [-0.4, -0.2) is 28.9 Å². The number of carbonyl (C=O) groups excluding carboxylic acids is 3. The van der Waals surface area contributed by atoms with E-state index in [0.717, 1.165) is 11.3 Å². The minimum absolute atomic E-state index is 0.0565. The first kappa shape index (κ1) is 21.9. The maximum Gasteiger partial charge on any atom is 0.355 e. The molecule has 158 valence electrons. The molecule has 2 amide bonds. The summed E-state index contributed by atoms with van der Waals surface area (Å²) in [5, 5.41) is 7.33. The zero-order valence-corrected chi connectivity index (χ0v) is 17.8. The Morgan fingerprint density at radius 1 is 1.03 bits per heavy atom. The van der Waals surface area contributed by atoms with Crippen LogP contribution in [0.4, 0.5) is 5.13 Å². The number of amides is 2. The topological polar surface area (TPSA) is 97.4 Å². The van der Waals surface area contributed by atoms with Crippen LogP contribution in [0.25, 0.3) is 17.3 Å². The summed E-state index contributed by atoms with van der Waals surface area (Å²) in [5.41, 5.74) is 2.32. The highest BCUT2D eigenvalue weighted by Crippen LogP contribution is 2.24. The van der Waals surface area contributed by atoms with Gasteiger partial charge in [0.1, 0.15) is 5.70 Å². The van der Waals surface area contributed by atoms with Gasteiger partial charge in [0, 0.05) is 17.9 Å². The molecule has 3 rings (SSSR count). The summed E-state index contributed by atoms with van der Waals surface area (Å²) >= 11 is 1.27. The van der Waals surface area contributed by atoms with Gasteiger partial charge in [0.2, 0.25) is 5.91 Å². The van der Waals surface area contributed by atoms with Crippen LogP contribution in [-0.2, 0) is 19.1 Å². The Labute approximate surface area is 183 Å². The van der Waals surface area contributed by atoms with Crippen molar-refractivity contribution in [3.63, 3.8) is 0 Å². The summed E-state index contributed by atoms with van der Waals surface area (Å²) in [6, 6.07) is 18.6. The Hall–Kier alpha value is -3.78. The fourth-order valence-electron chi connectivity index (χ4n) is 2.61. The lowest BCUT2D eigenvalue weighted by Gasteiger charge is -2.14. The van der Waals surface area contributed by atoms with Crippen molar-refractivity contribution in [3.8, 4) is 11.3 Å². The molecule has 0 saturated heterocycles. The molecule has 0 saturated carbocycles. The van der Waals surface area contributed by atoms with Gasteiger partial charge in [-0.2, -0.15) is 0 Å². The molecule has 0 aliphatic rings. The van der Waals surface area contributed by atoms with E-state index in [4.69, 9.17) is 4.74 Å². The molecular formula is C23H21N3O4S. The number of anilines is 1. The number of hydrogen-bond acceptors (Lipinski definition) is 6. The van der Waals surface area contributed by atoms with Crippen molar-refractivity contribution in [2.45, 2.75) is 20.0 Å². The maximum absolute atomic E-state index is 12.5. The molecule has 3 aromatic rings. The van der Waals surface area contributed by atoms with Crippen LogP contribution < -0.4 is 10.6 Å². The van der Waals surface area contributed by atoms with Crippen LogP contribution in [0, 0.1) is 0 Å². The second-order valence-corrected chi connectivity index (χ2v) is 7.45. The third-order valence-electron chi connectivity index (χ3n) is 4.10. The van der Waals surface area contributed by atoms with Crippen molar-refractivity contribution in [2.75, 3.05) is 5.32 Å². The van der Waals surface area contributed by atoms with Crippen LogP contribution in [0.2, 0.25) is 0 Å². The molecule has 0 fully saturated rings. The summed E-state index contributed by atoms with van der Waals surface area (Å²) < 4.78 is 5.25. The lowest BCUT2D eigenvalue weighted by Crippen LogP contribution is -2.33. The smallest absolute Gasteiger partial charge is 0.355 e. The molecule has 0 aliphatic carbocycles. The zero-order valence-electron chi connectivity index (χ0n) is 17.0. The standard InChI is InChI=1S/C23H21N3O4S/c1-15(21(28)26-23-25-20(14-31-23)18-11-7-4-8-12-18)30-22(29)19(24-16(2)27)13-17-9-5-3-6-10-17/h3-15H,1-2H3,(H,24,27)(H,25,26,28)/b19-13-/t15-/m1/s1. The SMILES string of the molecule is CC(=O)N/C(=C\c1ccccc1)C(=O)O[C@H](C)C(=O)Nc1nc(-c2ccccc2)cs1. The van der Waals surface area contributed by atoms with E-state index in [1.165, 1.54) is 31.3 Å². The first-order valence-electron chi connectivity index (χ1n) is 9.49. The third-order valence-corrected chi connectivity index (χ3v) is 4.86. The highest BCUT2D eigenvalue weighted by Gasteiger charge is 2.22. The van der Waals surface area contributed by atoms with E-state index in [0.29, 0.717) is 10.7 Å². The molecule has 31 heavy (non-hydrogen) atoms. The van der Waals surface area contributed by atoms with Crippen molar-refractivity contribution in [2.24, 2.45) is 0 Å². The number of nitrogens with one attached hydrogen (secondary N) is 2. The Morgan fingerprint density at radius 3 is 2.32 bits per heavy atom. The fraction of sp³-hybridized carbons (Fsp3) is 0.130. The van der Waals surface area contributed by atoms with Crippen molar-refractivity contribution in [3.05, 3.63) is 77.3 Å². The molecule has 2 N–H and O–H groups in total. The maximum atomic E-state index is 12.5. The first-order chi connectivity index (χ1) is 14.9. The molecule has 1 heterocycles. The lowest BCUT2D eigenvalue weighted by atomic mass is 10.2. The molecular weight excluding hydrogens is 414 g/mol. The van der Waals surface area contributed by atoms with E-state index in [9.17, 15) is 14.4 Å². The van der Waals surface area contributed by atoms with E-state index >= 15 is 0 Å². The minimum atomic E-state index is -1.09. The quantitative estimate of drug-likeness (QED) is 0.434. The van der Waals surface area contributed by atoms with Crippen molar-refractivity contribution in [1.82, 2.24) is 10.3 Å². The highest BCUT2D eigenvalue weighted by atomic mass is 32.1. The molecule has 0 radical (unpaired) electrons. The van der Waals surface area contributed by atoms with Crippen molar-refractivity contribution >= 4 is 40.3 Å². The summed E-state index contributed by atoms with van der Waals surface area (Å²) in [5.74, 6) is -1.76. The van der Waals surface area contributed by atoms with Crippen LogP contribution in [0.3, 0.4) is 0 Å². The number of hydrogen-bond donors (Lipinski definition) is 2. The van der Waals surface area contributed by atoms with Gasteiger partial charge >= 0.3 is 5.97 Å². The predicted octanol–water partition coefficient (Wildman–Crippen LogP) is 3.86. The van der Waals surface area contributed by atoms with Crippen molar-refractivity contribution < 1.29 is 19.1 Å². The summed E-state index contributed by atoms with van der Waals surface area (Å²) in [4.78, 5) is 40.9. The monoisotopic (exact) mass is 435 g/mol. The second kappa shape index (κ2) is 10.3. The van der Waals surface area contributed by atoms with Gasteiger partial charge in [-0.1, -0.05) is 60.7 Å². The number of rotatable bonds is 7. The van der Waals surface area contributed by atoms with Gasteiger partial charge in [-0.15, -0.1) is 11.3 Å². The van der Waals surface area contributed by atoms with Gasteiger partial charge in [0.25, 0.3) is 5.91 Å². The molecule has 0 bridgehead atoms. The number of carbonyl (C=O) groups is 3. The molecule has 1 aromatic heterocycles. The number of aromatic nitrogens is 1. The highest BCUT2D eigenvalue weighted by molar-refractivity contribution is 7.14. The Morgan fingerprint density at radius 2 is 1.68 bits per heavy atom. The zero-order chi connectivity index (χ0) is 22.2. The number of esters is 1. The number of thiazole rings is 1. The molecule has 0 spiro atoms. The van der Waals surface area contributed by atoms with Gasteiger partial charge in [-0.25, -0.2) is 9.78 Å². The van der Waals surface area contributed by atoms with E-state index in [-0.39, 0.29) is 5.70 Å². The third kappa shape index (κ3) is 6.35. The molecule has 0 unspecified atom stereocenters. The fourth-order valence-corrected chi connectivity index (χ4v) is 3.33. The molecule has 8 heteroatoms. The Kier molecular flexibility index (Phi) is 7.29. The van der Waals surface area contributed by atoms with Crippen LogP contribution >= 0.6 is 11.3 Å². The molecule has 1 atom stereocenters. The number of ether oxygens (including phenoxy) is 1. The van der Waals surface area contributed by atoms with Crippen molar-refractivity contribution in [1.29, 1.82) is 0 Å². The molecule has 7 nitrogen and oxygen atoms in total. The average Bonchev–Trinajstić information content (AvgIpc) is 3.22. The van der Waals surface area contributed by atoms with Gasteiger partial charge in [-0.3, -0.25) is 14.9 Å². The predicted molar refractivity (Wildman–Crippen MR) is 120 cm³/mol. The molecule has 0 aliphatic heterocycles. The minimum Gasteiger partial charge on any atom is -0.448 e. The van der Waals surface area contributed by atoms with E-state index in [1.807, 2.05) is 41.8 Å². The Bertz CT molecular complexity index is 1090. The lowest BCUT2D eigenvalue weighted by molar-refractivity contribution is -0.149. The largest absolute Gasteiger partial charge is 0.448 e. The van der Waals surface area contributed by atoms with Crippen LogP contribution in [0.1, 0.15) is 19.4 Å². The van der Waals surface area contributed by atoms with Crippen LogP contribution in [0.15, 0.2) is 71.7 Å². The van der Waals surface area contributed by atoms with Gasteiger partial charge in [0.05, 0.1) is 5.69 Å². The number of benzene rings is 2. The average molecular weight is 436 g/mol. The summed E-state index contributed by atoms with van der Waals surface area (Å²) in [7, 11) is 0. The summed E-state index contributed by atoms with van der Waals surface area (Å²) in [6.45, 7) is 2.74. The van der Waals surface area contributed by atoms with E-state index < -0.39 is 23.9 Å². The number of nitrogens with zero attached hydrogens (tertiary/aromatic N) is 1. The van der Waals surface area contributed by atoms with Gasteiger partial charge in [-0.05, 0) is 18.6 Å². The Balaban J connectivity index is 1.65. The van der Waals surface area contributed by atoms with Gasteiger partial charge in [0.15, 0.2) is 11.2 Å². The second-order valence-electron chi connectivity index (χ2n) is 6.59. The first-order valence-corrected chi connectivity index (χ1v) is 10.4. The summed E-state index contributed by atoms with van der Waals surface area (Å²) in [6.07, 6.45) is 0.394. The normalized spacial score (nSPS) is 12.0. The van der Waals surface area contributed by atoms with E-state index in [1.54, 1.807) is 24.3 Å². The molecule has 2 aromatic carbocycles.